The average Bonchev–Trinajstić information content (AvgIpc) is 2.61. The van der Waals surface area contributed by atoms with E-state index >= 15 is 0 Å². The number of rotatable bonds is 5. The molecule has 1 saturated carbocycles. The Labute approximate surface area is 149 Å². The zero-order valence-electron chi connectivity index (χ0n) is 14.5. The normalized spacial score (nSPS) is 17.2. The highest BCUT2D eigenvalue weighted by Crippen LogP contribution is 2.33. The van der Waals surface area contributed by atoms with E-state index in [1.165, 1.54) is 6.07 Å². The van der Waals surface area contributed by atoms with Crippen LogP contribution in [0.5, 0.6) is 5.75 Å². The van der Waals surface area contributed by atoms with Gasteiger partial charge in [0, 0.05) is 30.3 Å². The molecule has 3 rings (SSSR count). The number of fused-ring (bicyclic) bond motifs is 1. The first kappa shape index (κ1) is 18.4. The van der Waals surface area contributed by atoms with Crippen molar-refractivity contribution in [1.82, 2.24) is 5.32 Å². The van der Waals surface area contributed by atoms with Gasteiger partial charge in [-0.25, -0.2) is 13.6 Å². The van der Waals surface area contributed by atoms with Crippen molar-refractivity contribution in [3.8, 4) is 5.75 Å². The molecule has 1 aromatic carbocycles. The van der Waals surface area contributed by atoms with Crippen LogP contribution in [0.15, 0.2) is 33.5 Å². The Bertz CT molecular complexity index is 852. The van der Waals surface area contributed by atoms with E-state index in [1.807, 2.05) is 6.92 Å². The van der Waals surface area contributed by atoms with Crippen LogP contribution in [0.2, 0.25) is 0 Å². The van der Waals surface area contributed by atoms with Gasteiger partial charge >= 0.3 is 5.63 Å². The fourth-order valence-corrected chi connectivity index (χ4v) is 3.01. The smallest absolute Gasteiger partial charge is 0.349 e. The Balaban J connectivity index is 1.76. The molecule has 1 amide bonds. The summed E-state index contributed by atoms with van der Waals surface area (Å²) in [4.78, 5) is 24.5. The number of nitrogens with one attached hydrogen (secondary N) is 1. The van der Waals surface area contributed by atoms with Crippen LogP contribution in [0, 0.1) is 0 Å². The highest BCUT2D eigenvalue weighted by Gasteiger charge is 2.35. The van der Waals surface area contributed by atoms with Gasteiger partial charge in [-0.2, -0.15) is 0 Å². The van der Waals surface area contributed by atoms with Crippen LogP contribution in [-0.2, 0) is 0 Å². The van der Waals surface area contributed by atoms with Crippen molar-refractivity contribution in [1.29, 1.82) is 0 Å². The van der Waals surface area contributed by atoms with Crippen molar-refractivity contribution in [3.63, 3.8) is 0 Å². The van der Waals surface area contributed by atoms with Gasteiger partial charge in [0.2, 0.25) is 5.92 Å². The average molecular weight is 365 g/mol. The minimum Gasteiger partial charge on any atom is -0.493 e. The van der Waals surface area contributed by atoms with E-state index in [-0.39, 0.29) is 37.3 Å². The van der Waals surface area contributed by atoms with E-state index in [2.05, 4.69) is 5.32 Å². The van der Waals surface area contributed by atoms with Crippen molar-refractivity contribution in [2.45, 2.75) is 51.0 Å². The molecule has 0 unspecified atom stereocenters. The Kier molecular flexibility index (Phi) is 5.25. The zero-order chi connectivity index (χ0) is 18.7. The van der Waals surface area contributed by atoms with E-state index in [4.69, 9.17) is 9.15 Å². The summed E-state index contributed by atoms with van der Waals surface area (Å²) in [5, 5.41) is 3.25. The molecule has 0 radical (unpaired) electrons. The second-order valence-corrected chi connectivity index (χ2v) is 6.60. The minimum absolute atomic E-state index is 0.128. The van der Waals surface area contributed by atoms with E-state index in [9.17, 15) is 18.4 Å². The highest BCUT2D eigenvalue weighted by molar-refractivity contribution is 5.96. The molecule has 26 heavy (non-hydrogen) atoms. The van der Waals surface area contributed by atoms with Gasteiger partial charge in [-0.15, -0.1) is 0 Å². The lowest BCUT2D eigenvalue weighted by Gasteiger charge is -2.28. The molecule has 2 aromatic rings. The van der Waals surface area contributed by atoms with Gasteiger partial charge in [-0.3, -0.25) is 4.79 Å². The van der Waals surface area contributed by atoms with Gasteiger partial charge in [0.25, 0.3) is 5.91 Å². The van der Waals surface area contributed by atoms with Crippen LogP contribution >= 0.6 is 0 Å². The number of benzene rings is 1. The first-order chi connectivity index (χ1) is 12.4. The molecule has 0 spiro atoms. The van der Waals surface area contributed by atoms with Crippen molar-refractivity contribution in [2.24, 2.45) is 0 Å². The Hall–Kier alpha value is -2.44. The van der Waals surface area contributed by atoms with Crippen LogP contribution in [0.25, 0.3) is 11.0 Å². The number of hydrogen-bond donors (Lipinski definition) is 1. The van der Waals surface area contributed by atoms with E-state index in [0.29, 0.717) is 23.3 Å². The van der Waals surface area contributed by atoms with Crippen molar-refractivity contribution in [2.75, 3.05) is 6.61 Å². The molecule has 0 aliphatic heterocycles. The fourth-order valence-electron chi connectivity index (χ4n) is 3.01. The van der Waals surface area contributed by atoms with Crippen molar-refractivity contribution >= 4 is 16.9 Å². The van der Waals surface area contributed by atoms with Gasteiger partial charge in [0.05, 0.1) is 6.61 Å². The fraction of sp³-hybridized carbons (Fsp3) is 0.474. The van der Waals surface area contributed by atoms with E-state index < -0.39 is 17.5 Å². The quantitative estimate of drug-likeness (QED) is 0.816. The maximum absolute atomic E-state index is 13.2. The summed E-state index contributed by atoms with van der Waals surface area (Å²) in [5.74, 6) is -2.68. The molecule has 140 valence electrons. The topological polar surface area (TPSA) is 68.5 Å². The number of amides is 1. The maximum atomic E-state index is 13.2. The number of alkyl halides is 2. The van der Waals surface area contributed by atoms with Crippen LogP contribution < -0.4 is 15.7 Å². The summed E-state index contributed by atoms with van der Waals surface area (Å²) >= 11 is 0. The zero-order valence-corrected chi connectivity index (χ0v) is 14.5. The van der Waals surface area contributed by atoms with Crippen LogP contribution in [-0.4, -0.2) is 24.5 Å². The summed E-state index contributed by atoms with van der Waals surface area (Å²) in [6.45, 7) is 2.54. The first-order valence-corrected chi connectivity index (χ1v) is 8.77. The molecule has 1 aliphatic carbocycles. The molecular weight excluding hydrogens is 344 g/mol. The summed E-state index contributed by atoms with van der Waals surface area (Å²) < 4.78 is 37.1. The molecule has 1 aliphatic rings. The monoisotopic (exact) mass is 365 g/mol. The predicted octanol–water partition coefficient (Wildman–Crippen LogP) is 3.89. The Morgan fingerprint density at radius 2 is 2.04 bits per heavy atom. The van der Waals surface area contributed by atoms with Crippen molar-refractivity contribution < 1.29 is 22.7 Å². The number of ether oxygens (including phenoxy) is 1. The molecule has 1 aromatic heterocycles. The number of hydrogen-bond acceptors (Lipinski definition) is 4. The third-order valence-corrected chi connectivity index (χ3v) is 4.48. The van der Waals surface area contributed by atoms with Gasteiger partial charge in [-0.05, 0) is 37.5 Å². The summed E-state index contributed by atoms with van der Waals surface area (Å²) in [5.41, 5.74) is -0.557. The molecule has 7 heteroatoms. The lowest BCUT2D eigenvalue weighted by Crippen LogP contribution is -2.41. The summed E-state index contributed by atoms with van der Waals surface area (Å²) in [6, 6.07) is 6.15. The van der Waals surface area contributed by atoms with Gasteiger partial charge in [0.15, 0.2) is 0 Å². The molecule has 1 heterocycles. The second-order valence-electron chi connectivity index (χ2n) is 6.60. The molecule has 1 N–H and O–H groups in total. The van der Waals surface area contributed by atoms with Crippen molar-refractivity contribution in [3.05, 3.63) is 40.2 Å². The molecule has 5 nitrogen and oxygen atoms in total. The van der Waals surface area contributed by atoms with Crippen LogP contribution in [0.3, 0.4) is 0 Å². The first-order valence-electron chi connectivity index (χ1n) is 8.77. The lowest BCUT2D eigenvalue weighted by molar-refractivity contribution is -0.0399. The standard InChI is InChI=1S/C19H21F2NO4/c1-2-9-25-14-4-3-12-10-15(18(24)26-16(12)11-14)17(23)22-13-5-7-19(20,21)8-6-13/h3-4,10-11,13H,2,5-9H2,1H3,(H,22,23). The maximum Gasteiger partial charge on any atom is 0.349 e. The second kappa shape index (κ2) is 7.43. The van der Waals surface area contributed by atoms with E-state index in [1.54, 1.807) is 18.2 Å². The Morgan fingerprint density at radius 3 is 2.73 bits per heavy atom. The van der Waals surface area contributed by atoms with Gasteiger partial charge in [0.1, 0.15) is 16.9 Å². The molecule has 0 atom stereocenters. The minimum atomic E-state index is -2.67. The van der Waals surface area contributed by atoms with E-state index in [0.717, 1.165) is 6.42 Å². The molecule has 0 bridgehead atoms. The van der Waals surface area contributed by atoms with Crippen LogP contribution in [0.4, 0.5) is 8.78 Å². The molecule has 1 fully saturated rings. The number of carbonyl (C=O) groups is 1. The SMILES string of the molecule is CCCOc1ccc2cc(C(=O)NC3CCC(F)(F)CC3)c(=O)oc2c1. The molecule has 0 saturated heterocycles. The predicted molar refractivity (Wildman–Crippen MR) is 92.9 cm³/mol. The van der Waals surface area contributed by atoms with Gasteiger partial charge < -0.3 is 14.5 Å². The number of halogens is 2. The summed E-state index contributed by atoms with van der Waals surface area (Å²) in [7, 11) is 0. The lowest BCUT2D eigenvalue weighted by atomic mass is 9.92. The largest absolute Gasteiger partial charge is 0.493 e. The third kappa shape index (κ3) is 4.20. The Morgan fingerprint density at radius 1 is 1.31 bits per heavy atom. The third-order valence-electron chi connectivity index (χ3n) is 4.48. The summed E-state index contributed by atoms with van der Waals surface area (Å²) in [6.07, 6.45) is 0.718. The number of carbonyl (C=O) groups excluding carboxylic acids is 1. The molecular formula is C19H21F2NO4. The van der Waals surface area contributed by atoms with Crippen LogP contribution in [0.1, 0.15) is 49.4 Å². The highest BCUT2D eigenvalue weighted by atomic mass is 19.3. The van der Waals surface area contributed by atoms with Gasteiger partial charge in [-0.1, -0.05) is 6.92 Å².